The second kappa shape index (κ2) is 5.67. The quantitative estimate of drug-likeness (QED) is 0.720. The van der Waals surface area contributed by atoms with Gasteiger partial charge in [-0.15, -0.1) is 11.6 Å². The highest BCUT2D eigenvalue weighted by molar-refractivity contribution is 6.16. The van der Waals surface area contributed by atoms with Gasteiger partial charge < -0.3 is 9.30 Å². The molecule has 1 fully saturated rings. The second-order valence-electron chi connectivity index (χ2n) is 6.82. The Hall–Kier alpha value is -2.19. The van der Waals surface area contributed by atoms with E-state index in [0.717, 1.165) is 0 Å². The van der Waals surface area contributed by atoms with Gasteiger partial charge in [0.25, 0.3) is 0 Å². The van der Waals surface area contributed by atoms with Crippen LogP contribution in [0.4, 0.5) is 4.39 Å². The first-order valence-corrected chi connectivity index (χ1v) is 8.34. The summed E-state index contributed by atoms with van der Waals surface area (Å²) in [6, 6.07) is 2.96. The van der Waals surface area contributed by atoms with Gasteiger partial charge in [0.2, 0.25) is 0 Å². The van der Waals surface area contributed by atoms with E-state index in [9.17, 15) is 9.18 Å². The van der Waals surface area contributed by atoms with Gasteiger partial charge in [0.15, 0.2) is 11.6 Å². The Morgan fingerprint density at radius 3 is 2.88 bits per heavy atom. The van der Waals surface area contributed by atoms with Gasteiger partial charge in [-0.25, -0.2) is 14.2 Å². The lowest BCUT2D eigenvalue weighted by Crippen LogP contribution is -2.26. The molecule has 0 amide bonds. The van der Waals surface area contributed by atoms with Crippen molar-refractivity contribution >= 4 is 22.6 Å². The number of alkyl halides is 1. The van der Waals surface area contributed by atoms with Crippen LogP contribution in [0.5, 0.6) is 0 Å². The van der Waals surface area contributed by atoms with E-state index in [-0.39, 0.29) is 28.7 Å². The third kappa shape index (κ3) is 2.56. The van der Waals surface area contributed by atoms with Gasteiger partial charge >= 0.3 is 5.76 Å². The molecule has 1 aromatic carbocycles. The maximum absolute atomic E-state index is 14.6. The Bertz CT molecular complexity index is 1010. The number of halogens is 2. The molecule has 9 heteroatoms. The van der Waals surface area contributed by atoms with Crippen LogP contribution in [0.25, 0.3) is 22.4 Å². The van der Waals surface area contributed by atoms with E-state index in [1.807, 2.05) is 4.57 Å². The number of H-pyrrole nitrogens is 1. The van der Waals surface area contributed by atoms with Crippen molar-refractivity contribution in [1.29, 1.82) is 0 Å². The molecule has 132 valence electrons. The summed E-state index contributed by atoms with van der Waals surface area (Å²) in [6.45, 7) is 5.26. The second-order valence-corrected chi connectivity index (χ2v) is 7.09. The zero-order chi connectivity index (χ0) is 17.8. The molecule has 25 heavy (non-hydrogen) atoms. The highest BCUT2D eigenvalue weighted by Crippen LogP contribution is 2.41. The van der Waals surface area contributed by atoms with E-state index in [1.54, 1.807) is 6.07 Å². The molecule has 0 radical (unpaired) electrons. The Kier molecular flexibility index (Phi) is 3.69. The lowest BCUT2D eigenvalue weighted by molar-refractivity contribution is 0.166. The summed E-state index contributed by atoms with van der Waals surface area (Å²) in [7, 11) is 0. The van der Waals surface area contributed by atoms with Crippen molar-refractivity contribution in [3.05, 3.63) is 34.3 Å². The number of hydrogen-bond acceptors (Lipinski definition) is 5. The van der Waals surface area contributed by atoms with E-state index >= 15 is 0 Å². The predicted octanol–water partition coefficient (Wildman–Crippen LogP) is 2.86. The lowest BCUT2D eigenvalue weighted by atomic mass is 9.87. The van der Waals surface area contributed by atoms with E-state index in [1.165, 1.54) is 6.07 Å². The Morgan fingerprint density at radius 1 is 1.48 bits per heavy atom. The standard InChI is InChI=1S/C16H16ClFN4O3/c1-16(2)7-24-6-11(16)22-10-4-8(14-20-15(23)25-21-14)3-9(18)13(10)19-12(22)5-17/h3-4,11H,5-7H2,1-2H3,(H,20,21,23)/t11-/m1/s1. The number of nitrogens with one attached hydrogen (secondary N) is 1. The molecule has 1 aliphatic rings. The molecule has 2 aromatic heterocycles. The van der Waals surface area contributed by atoms with Crippen LogP contribution in [0, 0.1) is 11.2 Å². The Morgan fingerprint density at radius 2 is 2.28 bits per heavy atom. The fourth-order valence-corrected chi connectivity index (χ4v) is 3.50. The maximum Gasteiger partial charge on any atom is 0.439 e. The monoisotopic (exact) mass is 366 g/mol. The molecule has 0 aliphatic carbocycles. The summed E-state index contributed by atoms with van der Waals surface area (Å²) >= 11 is 6.07. The van der Waals surface area contributed by atoms with Gasteiger partial charge in [0.1, 0.15) is 11.3 Å². The average molecular weight is 367 g/mol. The van der Waals surface area contributed by atoms with Crippen molar-refractivity contribution in [2.75, 3.05) is 13.2 Å². The molecule has 1 atom stereocenters. The van der Waals surface area contributed by atoms with Crippen molar-refractivity contribution in [3.63, 3.8) is 0 Å². The highest BCUT2D eigenvalue weighted by atomic mass is 35.5. The number of imidazole rings is 1. The van der Waals surface area contributed by atoms with Crippen LogP contribution in [-0.2, 0) is 10.6 Å². The minimum Gasteiger partial charge on any atom is -0.379 e. The van der Waals surface area contributed by atoms with Crippen molar-refractivity contribution < 1.29 is 13.7 Å². The maximum atomic E-state index is 14.6. The van der Waals surface area contributed by atoms with Gasteiger partial charge in [0.05, 0.1) is 30.7 Å². The number of aromatic nitrogens is 4. The molecule has 7 nitrogen and oxygen atoms in total. The van der Waals surface area contributed by atoms with Crippen molar-refractivity contribution in [1.82, 2.24) is 19.7 Å². The first kappa shape index (κ1) is 16.3. The molecule has 0 bridgehead atoms. The fourth-order valence-electron chi connectivity index (χ4n) is 3.31. The van der Waals surface area contributed by atoms with Crippen LogP contribution in [0.3, 0.4) is 0 Å². The summed E-state index contributed by atoms with van der Waals surface area (Å²) in [4.78, 5) is 18.0. The molecule has 1 N–H and O–H groups in total. The van der Waals surface area contributed by atoms with Crippen molar-refractivity contribution in [2.24, 2.45) is 5.41 Å². The first-order valence-electron chi connectivity index (χ1n) is 7.81. The number of rotatable bonds is 3. The molecule has 0 unspecified atom stereocenters. The van der Waals surface area contributed by atoms with Crippen LogP contribution in [0.15, 0.2) is 21.5 Å². The third-order valence-corrected chi connectivity index (χ3v) is 4.86. The zero-order valence-electron chi connectivity index (χ0n) is 13.7. The first-order chi connectivity index (χ1) is 11.9. The van der Waals surface area contributed by atoms with Crippen molar-refractivity contribution in [3.8, 4) is 11.4 Å². The molecular formula is C16H16ClFN4O3. The molecule has 0 saturated carbocycles. The highest BCUT2D eigenvalue weighted by Gasteiger charge is 2.39. The van der Waals surface area contributed by atoms with Crippen LogP contribution in [0.2, 0.25) is 0 Å². The minimum atomic E-state index is -0.698. The van der Waals surface area contributed by atoms with Crippen LogP contribution in [0.1, 0.15) is 25.7 Å². The van der Waals surface area contributed by atoms with E-state index < -0.39 is 11.6 Å². The average Bonchev–Trinajstić information content (AvgIpc) is 3.23. The largest absolute Gasteiger partial charge is 0.439 e. The molecular weight excluding hydrogens is 351 g/mol. The van der Waals surface area contributed by atoms with E-state index in [2.05, 4.69) is 33.5 Å². The van der Waals surface area contributed by atoms with Crippen LogP contribution >= 0.6 is 11.6 Å². The Balaban J connectivity index is 1.97. The van der Waals surface area contributed by atoms with Gasteiger partial charge in [-0.05, 0) is 12.1 Å². The summed E-state index contributed by atoms with van der Waals surface area (Å²) in [5.74, 6) is -0.330. The summed E-state index contributed by atoms with van der Waals surface area (Å²) in [5.41, 5.74) is 1.06. The minimum absolute atomic E-state index is 0.0303. The van der Waals surface area contributed by atoms with Gasteiger partial charge in [-0.1, -0.05) is 19.0 Å². The summed E-state index contributed by atoms with van der Waals surface area (Å²) < 4.78 is 26.7. The number of aromatic amines is 1. The number of fused-ring (bicyclic) bond motifs is 1. The number of benzene rings is 1. The fraction of sp³-hybridized carbons (Fsp3) is 0.438. The van der Waals surface area contributed by atoms with Crippen molar-refractivity contribution in [2.45, 2.75) is 25.8 Å². The van der Waals surface area contributed by atoms with E-state index in [4.69, 9.17) is 16.3 Å². The number of ether oxygens (including phenoxy) is 1. The van der Waals surface area contributed by atoms with Crippen LogP contribution in [-0.4, -0.2) is 32.9 Å². The Labute approximate surface area is 146 Å². The summed E-state index contributed by atoms with van der Waals surface area (Å²) in [6.07, 6.45) is 0. The summed E-state index contributed by atoms with van der Waals surface area (Å²) in [5, 5.41) is 3.63. The third-order valence-electron chi connectivity index (χ3n) is 4.62. The SMILES string of the molecule is CC1(C)COC[C@H]1n1c(CCl)nc2c(F)cc(-c3noc(=O)[nH]3)cc21. The zero-order valence-corrected chi connectivity index (χ0v) is 14.4. The van der Waals surface area contributed by atoms with E-state index in [0.29, 0.717) is 30.1 Å². The number of nitrogens with zero attached hydrogens (tertiary/aromatic N) is 3. The van der Waals surface area contributed by atoms with Crippen LogP contribution < -0.4 is 5.76 Å². The van der Waals surface area contributed by atoms with Gasteiger partial charge in [-0.2, -0.15) is 0 Å². The van der Waals surface area contributed by atoms with Gasteiger partial charge in [-0.3, -0.25) is 9.51 Å². The number of hydrogen-bond donors (Lipinski definition) is 1. The predicted molar refractivity (Wildman–Crippen MR) is 89.0 cm³/mol. The molecule has 3 heterocycles. The molecule has 4 rings (SSSR count). The lowest BCUT2D eigenvalue weighted by Gasteiger charge is -2.27. The molecule has 1 saturated heterocycles. The molecule has 0 spiro atoms. The molecule has 1 aliphatic heterocycles. The molecule has 3 aromatic rings. The topological polar surface area (TPSA) is 85.9 Å². The smallest absolute Gasteiger partial charge is 0.379 e. The normalized spacial score (nSPS) is 19.8. The van der Waals surface area contributed by atoms with Gasteiger partial charge in [0, 0.05) is 11.0 Å².